The molecule has 0 spiro atoms. The summed E-state index contributed by atoms with van der Waals surface area (Å²) in [4.78, 5) is 23.4. The first-order valence-electron chi connectivity index (χ1n) is 32.0. The summed E-state index contributed by atoms with van der Waals surface area (Å²) in [5.41, 5.74) is 0. The van der Waals surface area contributed by atoms with Gasteiger partial charge < -0.3 is 19.8 Å². The van der Waals surface area contributed by atoms with Crippen LogP contribution in [0.1, 0.15) is 284 Å². The Morgan fingerprint density at radius 1 is 0.461 bits per heavy atom. The first-order valence-corrected chi connectivity index (χ1v) is 33.5. The van der Waals surface area contributed by atoms with E-state index in [0.29, 0.717) is 17.4 Å². The summed E-state index contributed by atoms with van der Waals surface area (Å²) >= 11 is 0. The van der Waals surface area contributed by atoms with E-state index in [9.17, 15) is 19.4 Å². The number of nitrogens with one attached hydrogen (secondary N) is 1. The third kappa shape index (κ3) is 59.3. The van der Waals surface area contributed by atoms with Crippen LogP contribution >= 0.6 is 7.82 Å². The van der Waals surface area contributed by atoms with Gasteiger partial charge in [-0.3, -0.25) is 13.8 Å². The summed E-state index contributed by atoms with van der Waals surface area (Å²) in [6.45, 7) is 4.71. The van der Waals surface area contributed by atoms with Crippen molar-refractivity contribution in [3.63, 3.8) is 0 Å². The number of quaternary nitrogens is 1. The maximum atomic E-state index is 13.0. The number of hydrogen-bond donors (Lipinski definition) is 3. The van der Waals surface area contributed by atoms with Crippen LogP contribution in [-0.4, -0.2) is 73.4 Å². The smallest absolute Gasteiger partial charge is 0.387 e. The second kappa shape index (κ2) is 57.4. The number of phosphoric acid groups is 1. The number of hydrogen-bond acceptors (Lipinski definition) is 5. The van der Waals surface area contributed by atoms with Crippen LogP contribution in [0.4, 0.5) is 0 Å². The first-order chi connectivity index (χ1) is 37.0. The molecule has 1 amide bonds. The second-order valence-corrected chi connectivity index (χ2v) is 24.2. The summed E-state index contributed by atoms with van der Waals surface area (Å²) in [5.74, 6) is -0.187. The maximum absolute atomic E-state index is 13.0. The fourth-order valence-electron chi connectivity index (χ4n) is 9.15. The Morgan fingerprint density at radius 2 is 0.803 bits per heavy atom. The van der Waals surface area contributed by atoms with Crippen LogP contribution in [0.3, 0.4) is 0 Å². The molecule has 0 saturated heterocycles. The number of unbranched alkanes of at least 4 members (excludes halogenated alkanes) is 33. The molecule has 0 heterocycles. The van der Waals surface area contributed by atoms with E-state index < -0.39 is 20.0 Å². The SMILES string of the molecule is CC/C=C\C/C=C\C/C=C\C/C=C\C/C=C\CCCCCCCCCCCCCCCCCC(=O)NC(COP(=O)(O)OCC[N+](C)(C)C)C(O)/C=C/CC/C=C/CCCCCCCCCCCCCCCCCCC. The van der Waals surface area contributed by atoms with E-state index in [1.807, 2.05) is 27.2 Å². The van der Waals surface area contributed by atoms with Crippen LogP contribution in [0.2, 0.25) is 0 Å². The molecule has 0 aromatic heterocycles. The lowest BCUT2D eigenvalue weighted by Gasteiger charge is -2.25. The van der Waals surface area contributed by atoms with Gasteiger partial charge in [0.05, 0.1) is 39.9 Å². The van der Waals surface area contributed by atoms with Gasteiger partial charge in [0, 0.05) is 6.42 Å². The van der Waals surface area contributed by atoms with Crippen LogP contribution in [0.5, 0.6) is 0 Å². The zero-order valence-electron chi connectivity index (χ0n) is 50.5. The lowest BCUT2D eigenvalue weighted by Crippen LogP contribution is -2.45. The molecule has 3 unspecified atom stereocenters. The molecule has 0 radical (unpaired) electrons. The molecule has 0 aliphatic heterocycles. The molecule has 0 saturated carbocycles. The largest absolute Gasteiger partial charge is 0.472 e. The second-order valence-electron chi connectivity index (χ2n) is 22.7. The third-order valence-electron chi connectivity index (χ3n) is 14.1. The number of likely N-dealkylation sites (N-methyl/N-ethyl adjacent to an activating group) is 1. The number of nitrogens with zero attached hydrogens (tertiary/aromatic N) is 1. The van der Waals surface area contributed by atoms with E-state index in [0.717, 1.165) is 70.6 Å². The van der Waals surface area contributed by atoms with Crippen LogP contribution < -0.4 is 5.32 Å². The highest BCUT2D eigenvalue weighted by Gasteiger charge is 2.27. The Labute approximate surface area is 471 Å². The van der Waals surface area contributed by atoms with Crippen molar-refractivity contribution in [1.82, 2.24) is 5.32 Å². The predicted molar refractivity (Wildman–Crippen MR) is 332 cm³/mol. The van der Waals surface area contributed by atoms with Crippen LogP contribution in [-0.2, 0) is 18.4 Å². The van der Waals surface area contributed by atoms with Gasteiger partial charge in [-0.25, -0.2) is 4.57 Å². The summed E-state index contributed by atoms with van der Waals surface area (Å²) in [5, 5.41) is 14.0. The van der Waals surface area contributed by atoms with Crippen molar-refractivity contribution in [2.75, 3.05) is 40.9 Å². The van der Waals surface area contributed by atoms with Gasteiger partial charge in [-0.2, -0.15) is 0 Å². The van der Waals surface area contributed by atoms with E-state index in [1.165, 1.54) is 193 Å². The average molecular weight is 1080 g/mol. The quantitative estimate of drug-likeness (QED) is 0.0243. The normalized spacial score (nSPS) is 14.4. The minimum absolute atomic E-state index is 0.0540. The van der Waals surface area contributed by atoms with E-state index in [4.69, 9.17) is 9.05 Å². The van der Waals surface area contributed by atoms with Gasteiger partial charge in [-0.1, -0.05) is 285 Å². The molecule has 0 aromatic carbocycles. The van der Waals surface area contributed by atoms with Gasteiger partial charge in [0.2, 0.25) is 5.91 Å². The van der Waals surface area contributed by atoms with Crippen LogP contribution in [0.15, 0.2) is 85.1 Å². The molecular weight excluding hydrogens is 960 g/mol. The lowest BCUT2D eigenvalue weighted by molar-refractivity contribution is -0.870. The molecule has 0 aromatic rings. The minimum Gasteiger partial charge on any atom is -0.387 e. The molecule has 442 valence electrons. The van der Waals surface area contributed by atoms with E-state index in [2.05, 4.69) is 92.1 Å². The number of rotatable bonds is 58. The molecule has 9 heteroatoms. The van der Waals surface area contributed by atoms with Crippen molar-refractivity contribution in [3.8, 4) is 0 Å². The van der Waals surface area contributed by atoms with Gasteiger partial charge in [0.25, 0.3) is 0 Å². The monoisotopic (exact) mass is 1080 g/mol. The van der Waals surface area contributed by atoms with Crippen molar-refractivity contribution in [3.05, 3.63) is 85.1 Å². The van der Waals surface area contributed by atoms with Crippen LogP contribution in [0, 0.1) is 0 Å². The molecule has 0 rings (SSSR count). The number of aliphatic hydroxyl groups excluding tert-OH is 1. The van der Waals surface area contributed by atoms with E-state index in [1.54, 1.807) is 6.08 Å². The highest BCUT2D eigenvalue weighted by atomic mass is 31.2. The number of phosphoric ester groups is 1. The van der Waals surface area contributed by atoms with Crippen LogP contribution in [0.25, 0.3) is 0 Å². The average Bonchev–Trinajstić information content (AvgIpc) is 3.38. The molecule has 76 heavy (non-hydrogen) atoms. The molecule has 0 aliphatic carbocycles. The fourth-order valence-corrected chi connectivity index (χ4v) is 9.88. The van der Waals surface area contributed by atoms with Crippen molar-refractivity contribution in [1.29, 1.82) is 0 Å². The van der Waals surface area contributed by atoms with Crippen molar-refractivity contribution in [2.24, 2.45) is 0 Å². The van der Waals surface area contributed by atoms with Crippen molar-refractivity contribution in [2.45, 2.75) is 296 Å². The third-order valence-corrected chi connectivity index (χ3v) is 15.1. The first kappa shape index (κ1) is 73.7. The highest BCUT2D eigenvalue weighted by Crippen LogP contribution is 2.43. The predicted octanol–water partition coefficient (Wildman–Crippen LogP) is 20.0. The Kier molecular flexibility index (Phi) is 55.6. The van der Waals surface area contributed by atoms with Crippen molar-refractivity contribution < 1.29 is 32.9 Å². The maximum Gasteiger partial charge on any atom is 0.472 e. The summed E-state index contributed by atoms with van der Waals surface area (Å²) < 4.78 is 23.8. The number of carbonyl (C=O) groups is 1. The van der Waals surface area contributed by atoms with Gasteiger partial charge in [-0.05, 0) is 77.0 Å². The number of aliphatic hydroxyl groups is 1. The van der Waals surface area contributed by atoms with Crippen molar-refractivity contribution >= 4 is 13.7 Å². The lowest BCUT2D eigenvalue weighted by atomic mass is 10.0. The molecular formula is C67H124N2O6P+. The highest BCUT2D eigenvalue weighted by molar-refractivity contribution is 7.47. The molecule has 0 fully saturated rings. The topological polar surface area (TPSA) is 105 Å². The minimum atomic E-state index is -4.36. The zero-order chi connectivity index (χ0) is 55.6. The zero-order valence-corrected chi connectivity index (χ0v) is 51.4. The molecule has 3 atom stereocenters. The fraction of sp³-hybridized carbons (Fsp3) is 0.776. The molecule has 0 aliphatic rings. The molecule has 8 nitrogen and oxygen atoms in total. The van der Waals surface area contributed by atoms with E-state index in [-0.39, 0.29) is 19.1 Å². The Balaban J connectivity index is 4.16. The Hall–Kier alpha value is -2.32. The Bertz CT molecular complexity index is 1510. The number of allylic oxidation sites excluding steroid dienone is 13. The summed E-state index contributed by atoms with van der Waals surface area (Å²) in [7, 11) is 1.56. The number of carbonyl (C=O) groups excluding carboxylic acids is 1. The van der Waals surface area contributed by atoms with Gasteiger partial charge >= 0.3 is 7.82 Å². The van der Waals surface area contributed by atoms with Gasteiger partial charge in [-0.15, -0.1) is 0 Å². The summed E-state index contributed by atoms with van der Waals surface area (Å²) in [6.07, 6.45) is 81.4. The standard InChI is InChI=1S/C67H123N2O6P/c1-6-8-10-12-14-16-18-20-22-24-26-28-30-31-32-33-34-35-36-37-39-41-43-45-47-49-51-53-55-57-59-61-67(71)68-65(64-75-76(72,73)74-63-62-69(3,4)5)66(70)60-58-56-54-52-50-48-46-44-42-40-38-29-27-25-23-21-19-17-15-13-11-9-7-2/h8,10,14,16,20,22,26,28,31-32,50,52,58,60,65-66,70H,6-7,9,11-13,15,17-19,21,23-25,27,29-30,33-49,51,53-57,59,61-64H2,1-5H3,(H-,68,71,72,73)/p+1/b10-8-,16-14-,22-20-,28-26-,32-31-,52-50+,60-58+. The van der Waals surface area contributed by atoms with Gasteiger partial charge in [0.1, 0.15) is 13.2 Å². The molecule has 0 bridgehead atoms. The summed E-state index contributed by atoms with van der Waals surface area (Å²) in [6, 6.07) is -0.868. The van der Waals surface area contributed by atoms with Gasteiger partial charge in [0.15, 0.2) is 0 Å². The number of amides is 1. The molecule has 3 N–H and O–H groups in total. The Morgan fingerprint density at radius 3 is 1.21 bits per heavy atom. The van der Waals surface area contributed by atoms with E-state index >= 15 is 0 Å².